The smallest absolute Gasteiger partial charge is 0.220 e. The fraction of sp³-hybridized carbons (Fsp3) is 0.571. The van der Waals surface area contributed by atoms with E-state index in [4.69, 9.17) is 5.73 Å². The quantitative estimate of drug-likeness (QED) is 0.529. The summed E-state index contributed by atoms with van der Waals surface area (Å²) in [5.74, 6) is -0.302. The fourth-order valence-electron chi connectivity index (χ4n) is 1.81. The van der Waals surface area contributed by atoms with Crippen LogP contribution in [0.2, 0.25) is 0 Å². The number of carbonyl (C=O) groups is 3. The Balaban J connectivity index is 2.16. The van der Waals surface area contributed by atoms with Gasteiger partial charge in [-0.15, -0.1) is 0 Å². The number of hydrogen-bond acceptors (Lipinski definition) is 5. The highest BCUT2D eigenvalue weighted by Gasteiger charge is 2.15. The van der Waals surface area contributed by atoms with Gasteiger partial charge in [0.05, 0.1) is 24.6 Å². The van der Waals surface area contributed by atoms with E-state index in [1.165, 1.54) is 13.3 Å². The number of nitrogens with one attached hydrogen (secondary N) is 2. The van der Waals surface area contributed by atoms with Crippen LogP contribution >= 0.6 is 0 Å². The second kappa shape index (κ2) is 9.02. The number of Topliss-reactive ketones (excluding diaryl/α,β-unsaturated/α-hetero) is 2. The second-order valence-electron chi connectivity index (χ2n) is 5.02. The van der Waals surface area contributed by atoms with Crippen molar-refractivity contribution in [3.8, 4) is 0 Å². The van der Waals surface area contributed by atoms with Crippen LogP contribution in [0.4, 0.5) is 0 Å². The van der Waals surface area contributed by atoms with Gasteiger partial charge in [0.1, 0.15) is 5.78 Å². The monoisotopic (exact) mass is 294 g/mol. The molecule has 4 N–H and O–H groups in total. The lowest BCUT2D eigenvalue weighted by Gasteiger charge is -2.10. The van der Waals surface area contributed by atoms with Crippen LogP contribution in [-0.4, -0.2) is 40.0 Å². The molecular formula is C14H22N4O3. The van der Waals surface area contributed by atoms with Crippen molar-refractivity contribution in [2.45, 2.75) is 45.1 Å². The standard InChI is InChI=1S/C14H22N4O3/c1-10(19)4-2-3-5-14(21)17-8-13(20)12(15)6-11-7-16-9-18-11/h7,9,12H,2-6,8,15H2,1H3,(H,16,18)(H,17,21)/t12-/m0/s1. The molecule has 1 aromatic rings. The molecule has 7 nitrogen and oxygen atoms in total. The highest BCUT2D eigenvalue weighted by Crippen LogP contribution is 2.00. The van der Waals surface area contributed by atoms with Gasteiger partial charge >= 0.3 is 0 Å². The first-order valence-electron chi connectivity index (χ1n) is 7.01. The third kappa shape index (κ3) is 7.36. The first-order valence-corrected chi connectivity index (χ1v) is 7.01. The number of nitrogens with zero attached hydrogens (tertiary/aromatic N) is 1. The molecule has 1 heterocycles. The van der Waals surface area contributed by atoms with Crippen molar-refractivity contribution in [1.29, 1.82) is 0 Å². The first-order chi connectivity index (χ1) is 9.99. The molecule has 116 valence electrons. The van der Waals surface area contributed by atoms with Gasteiger partial charge in [0.25, 0.3) is 0 Å². The molecule has 1 rings (SSSR count). The van der Waals surface area contributed by atoms with Gasteiger partial charge in [-0.2, -0.15) is 0 Å². The third-order valence-corrected chi connectivity index (χ3v) is 3.04. The van der Waals surface area contributed by atoms with Crippen LogP contribution in [0.25, 0.3) is 0 Å². The molecule has 1 amide bonds. The fourth-order valence-corrected chi connectivity index (χ4v) is 1.81. The van der Waals surface area contributed by atoms with Crippen molar-refractivity contribution in [2.24, 2.45) is 5.73 Å². The molecule has 1 aromatic heterocycles. The molecular weight excluding hydrogens is 272 g/mol. The van der Waals surface area contributed by atoms with Crippen LogP contribution in [0.15, 0.2) is 12.5 Å². The lowest BCUT2D eigenvalue weighted by Crippen LogP contribution is -2.41. The van der Waals surface area contributed by atoms with Gasteiger partial charge in [-0.3, -0.25) is 9.59 Å². The van der Waals surface area contributed by atoms with Crippen molar-refractivity contribution in [3.63, 3.8) is 0 Å². The van der Waals surface area contributed by atoms with Gasteiger partial charge in [-0.05, 0) is 19.8 Å². The van der Waals surface area contributed by atoms with Gasteiger partial charge < -0.3 is 20.8 Å². The zero-order chi connectivity index (χ0) is 15.7. The third-order valence-electron chi connectivity index (χ3n) is 3.04. The summed E-state index contributed by atoms with van der Waals surface area (Å²) in [6.07, 6.45) is 5.68. The average molecular weight is 294 g/mol. The number of ketones is 2. The molecule has 1 atom stereocenters. The van der Waals surface area contributed by atoms with E-state index < -0.39 is 6.04 Å². The number of hydrogen-bond donors (Lipinski definition) is 3. The van der Waals surface area contributed by atoms with Crippen molar-refractivity contribution in [2.75, 3.05) is 6.54 Å². The average Bonchev–Trinajstić information content (AvgIpc) is 2.93. The molecule has 0 unspecified atom stereocenters. The summed E-state index contributed by atoms with van der Waals surface area (Å²) in [5.41, 5.74) is 6.47. The normalized spacial score (nSPS) is 11.9. The Labute approximate surface area is 123 Å². The summed E-state index contributed by atoms with van der Waals surface area (Å²) < 4.78 is 0. The van der Waals surface area contributed by atoms with Gasteiger partial charge in [-0.25, -0.2) is 4.98 Å². The number of nitrogens with two attached hydrogens (primary N) is 1. The largest absolute Gasteiger partial charge is 0.351 e. The van der Waals surface area contributed by atoms with Gasteiger partial charge in [0.2, 0.25) is 5.91 Å². The number of aromatic amines is 1. The summed E-state index contributed by atoms with van der Waals surface area (Å²) >= 11 is 0. The van der Waals surface area contributed by atoms with Crippen molar-refractivity contribution < 1.29 is 14.4 Å². The van der Waals surface area contributed by atoms with Crippen molar-refractivity contribution in [1.82, 2.24) is 15.3 Å². The minimum Gasteiger partial charge on any atom is -0.351 e. The SMILES string of the molecule is CC(=O)CCCCC(=O)NCC(=O)[C@@H](N)Cc1c[nH]cn1. The lowest BCUT2D eigenvalue weighted by atomic mass is 10.1. The summed E-state index contributed by atoms with van der Waals surface area (Å²) in [6.45, 7) is 1.45. The van der Waals surface area contributed by atoms with E-state index in [-0.39, 0.29) is 24.0 Å². The molecule has 0 bridgehead atoms. The number of imidazole rings is 1. The maximum absolute atomic E-state index is 11.8. The van der Waals surface area contributed by atoms with Gasteiger partial charge in [-0.1, -0.05) is 0 Å². The Morgan fingerprint density at radius 3 is 2.67 bits per heavy atom. The molecule has 0 saturated heterocycles. The number of carbonyl (C=O) groups excluding carboxylic acids is 3. The van der Waals surface area contributed by atoms with E-state index in [1.807, 2.05) is 0 Å². The van der Waals surface area contributed by atoms with Crippen LogP contribution < -0.4 is 11.1 Å². The molecule has 0 aromatic carbocycles. The maximum atomic E-state index is 11.8. The van der Waals surface area contributed by atoms with Crippen molar-refractivity contribution in [3.05, 3.63) is 18.2 Å². The highest BCUT2D eigenvalue weighted by molar-refractivity contribution is 5.89. The summed E-state index contributed by atoms with van der Waals surface area (Å²) in [5, 5.41) is 2.55. The van der Waals surface area contributed by atoms with E-state index in [2.05, 4.69) is 15.3 Å². The molecule has 0 saturated carbocycles. The molecule has 0 aliphatic heterocycles. The molecule has 0 aliphatic rings. The number of unbranched alkanes of at least 4 members (excludes halogenated alkanes) is 1. The minimum absolute atomic E-state index is 0.0723. The van der Waals surface area contributed by atoms with E-state index >= 15 is 0 Å². The molecule has 0 fully saturated rings. The predicted octanol–water partition coefficient (Wildman–Crippen LogP) is 0.114. The predicted molar refractivity (Wildman–Crippen MR) is 77.4 cm³/mol. The van der Waals surface area contributed by atoms with Crippen LogP contribution in [0.3, 0.4) is 0 Å². The van der Waals surface area contributed by atoms with Crippen LogP contribution in [0, 0.1) is 0 Å². The summed E-state index contributed by atoms with van der Waals surface area (Å²) in [4.78, 5) is 40.8. The Morgan fingerprint density at radius 1 is 1.33 bits per heavy atom. The second-order valence-corrected chi connectivity index (χ2v) is 5.02. The topological polar surface area (TPSA) is 118 Å². The Bertz CT molecular complexity index is 471. The maximum Gasteiger partial charge on any atom is 0.220 e. The zero-order valence-corrected chi connectivity index (χ0v) is 12.2. The molecule has 0 spiro atoms. The van der Waals surface area contributed by atoms with Crippen LogP contribution in [-0.2, 0) is 20.8 Å². The molecule has 0 aliphatic carbocycles. The van der Waals surface area contributed by atoms with Crippen molar-refractivity contribution >= 4 is 17.5 Å². The molecule has 7 heteroatoms. The first kappa shape index (κ1) is 17.0. The highest BCUT2D eigenvalue weighted by atomic mass is 16.2. The minimum atomic E-state index is -0.675. The molecule has 0 radical (unpaired) electrons. The Hall–Kier alpha value is -2.02. The van der Waals surface area contributed by atoms with Crippen LogP contribution in [0.1, 0.15) is 38.3 Å². The Morgan fingerprint density at radius 2 is 2.05 bits per heavy atom. The van der Waals surface area contributed by atoms with Crippen LogP contribution in [0.5, 0.6) is 0 Å². The summed E-state index contributed by atoms with van der Waals surface area (Å²) in [6, 6.07) is -0.675. The molecule has 21 heavy (non-hydrogen) atoms. The number of aromatic nitrogens is 2. The Kier molecular flexibility index (Phi) is 7.31. The number of rotatable bonds is 10. The van der Waals surface area contributed by atoms with E-state index in [0.29, 0.717) is 37.8 Å². The number of H-pyrrole nitrogens is 1. The van der Waals surface area contributed by atoms with Gasteiger partial charge in [0, 0.05) is 25.5 Å². The lowest BCUT2D eigenvalue weighted by molar-refractivity contribution is -0.125. The van der Waals surface area contributed by atoms with E-state index in [9.17, 15) is 14.4 Å². The van der Waals surface area contributed by atoms with Gasteiger partial charge in [0.15, 0.2) is 5.78 Å². The summed E-state index contributed by atoms with van der Waals surface area (Å²) in [7, 11) is 0. The van der Waals surface area contributed by atoms with E-state index in [1.54, 1.807) is 6.20 Å². The van der Waals surface area contributed by atoms with E-state index in [0.717, 1.165) is 0 Å². The number of amides is 1. The zero-order valence-electron chi connectivity index (χ0n) is 12.2.